The van der Waals surface area contributed by atoms with Gasteiger partial charge in [0.1, 0.15) is 5.75 Å². The van der Waals surface area contributed by atoms with E-state index in [2.05, 4.69) is 29.3 Å². The summed E-state index contributed by atoms with van der Waals surface area (Å²) in [5.41, 5.74) is 0.770. The van der Waals surface area contributed by atoms with Gasteiger partial charge in [-0.15, -0.1) is 0 Å². The largest absolute Gasteiger partial charge is 0.496 e. The zero-order valence-corrected chi connectivity index (χ0v) is 13.8. The molecular weight excluding hydrogens is 294 g/mol. The van der Waals surface area contributed by atoms with E-state index in [9.17, 15) is 4.79 Å². The summed E-state index contributed by atoms with van der Waals surface area (Å²) in [7, 11) is 1.60. The molecule has 0 saturated carbocycles. The number of ether oxygens (including phenoxy) is 1. The van der Waals surface area contributed by atoms with Crippen LogP contribution < -0.4 is 10.1 Å². The second kappa shape index (κ2) is 8.31. The number of methoxy groups -OCH3 is 1. The Labute approximate surface area is 136 Å². The van der Waals surface area contributed by atoms with E-state index in [0.717, 1.165) is 12.0 Å². The quantitative estimate of drug-likeness (QED) is 0.810. The van der Waals surface area contributed by atoms with Crippen molar-refractivity contribution in [3.8, 4) is 17.1 Å². The third-order valence-corrected chi connectivity index (χ3v) is 3.43. The number of amides is 1. The number of nitrogens with zero attached hydrogens (tertiary/aromatic N) is 2. The van der Waals surface area contributed by atoms with Crippen LogP contribution in [0.25, 0.3) is 11.4 Å². The molecule has 6 nitrogen and oxygen atoms in total. The smallest absolute Gasteiger partial charge is 0.227 e. The van der Waals surface area contributed by atoms with Crippen molar-refractivity contribution in [2.45, 2.75) is 33.1 Å². The first kappa shape index (κ1) is 17.0. The molecule has 0 aliphatic carbocycles. The minimum Gasteiger partial charge on any atom is -0.496 e. The van der Waals surface area contributed by atoms with Gasteiger partial charge in [0, 0.05) is 19.4 Å². The fourth-order valence-electron chi connectivity index (χ4n) is 2.10. The number of para-hydroxylation sites is 1. The number of aromatic nitrogens is 2. The molecule has 1 aromatic heterocycles. The maximum absolute atomic E-state index is 11.8. The average molecular weight is 317 g/mol. The Hall–Kier alpha value is -2.37. The van der Waals surface area contributed by atoms with Crippen LogP contribution in [0.2, 0.25) is 0 Å². The van der Waals surface area contributed by atoms with Crippen molar-refractivity contribution >= 4 is 5.91 Å². The summed E-state index contributed by atoms with van der Waals surface area (Å²) in [5.74, 6) is 2.19. The van der Waals surface area contributed by atoms with Gasteiger partial charge in [-0.05, 0) is 24.5 Å². The van der Waals surface area contributed by atoms with Gasteiger partial charge in [0.05, 0.1) is 12.7 Å². The molecule has 1 amide bonds. The number of rotatable bonds is 8. The van der Waals surface area contributed by atoms with Crippen molar-refractivity contribution in [2.24, 2.45) is 5.92 Å². The number of nitrogens with one attached hydrogen (secondary N) is 1. The van der Waals surface area contributed by atoms with Crippen molar-refractivity contribution in [2.75, 3.05) is 13.7 Å². The molecule has 0 aliphatic heterocycles. The molecule has 0 fully saturated rings. The first-order valence-electron chi connectivity index (χ1n) is 7.82. The molecule has 0 unspecified atom stereocenters. The van der Waals surface area contributed by atoms with E-state index in [1.54, 1.807) is 7.11 Å². The fraction of sp³-hybridized carbons (Fsp3) is 0.471. The average Bonchev–Trinajstić information content (AvgIpc) is 3.01. The summed E-state index contributed by atoms with van der Waals surface area (Å²) in [6.07, 6.45) is 1.74. The number of carbonyl (C=O) groups is 1. The lowest BCUT2D eigenvalue weighted by atomic mass is 10.1. The summed E-state index contributed by atoms with van der Waals surface area (Å²) in [5, 5.41) is 6.85. The highest BCUT2D eigenvalue weighted by Crippen LogP contribution is 2.27. The first-order valence-corrected chi connectivity index (χ1v) is 7.82. The molecule has 23 heavy (non-hydrogen) atoms. The van der Waals surface area contributed by atoms with E-state index in [4.69, 9.17) is 9.26 Å². The lowest BCUT2D eigenvalue weighted by Gasteiger charge is -2.06. The highest BCUT2D eigenvalue weighted by molar-refractivity contribution is 5.76. The molecule has 1 heterocycles. The Morgan fingerprint density at radius 1 is 1.35 bits per heavy atom. The summed E-state index contributed by atoms with van der Waals surface area (Å²) in [6, 6.07) is 7.47. The van der Waals surface area contributed by atoms with Crippen LogP contribution in [0.3, 0.4) is 0 Å². The zero-order valence-electron chi connectivity index (χ0n) is 13.8. The molecule has 2 aromatic rings. The van der Waals surface area contributed by atoms with Crippen LogP contribution >= 0.6 is 0 Å². The molecule has 0 radical (unpaired) electrons. The van der Waals surface area contributed by atoms with Gasteiger partial charge < -0.3 is 14.6 Å². The van der Waals surface area contributed by atoms with Crippen LogP contribution in [0, 0.1) is 5.92 Å². The Balaban J connectivity index is 1.89. The Kier molecular flexibility index (Phi) is 6.14. The van der Waals surface area contributed by atoms with E-state index < -0.39 is 0 Å². The third-order valence-electron chi connectivity index (χ3n) is 3.43. The minimum atomic E-state index is 0.00249. The number of benzene rings is 1. The van der Waals surface area contributed by atoms with Crippen molar-refractivity contribution in [1.82, 2.24) is 15.5 Å². The number of aryl methyl sites for hydroxylation is 1. The fourth-order valence-corrected chi connectivity index (χ4v) is 2.10. The lowest BCUT2D eigenvalue weighted by molar-refractivity contribution is -0.121. The van der Waals surface area contributed by atoms with Gasteiger partial charge in [-0.25, -0.2) is 0 Å². The maximum Gasteiger partial charge on any atom is 0.227 e. The van der Waals surface area contributed by atoms with Gasteiger partial charge in [-0.1, -0.05) is 31.1 Å². The molecule has 0 spiro atoms. The van der Waals surface area contributed by atoms with E-state index in [0.29, 0.717) is 42.8 Å². The Morgan fingerprint density at radius 3 is 2.87 bits per heavy atom. The maximum atomic E-state index is 11.8. The van der Waals surface area contributed by atoms with Gasteiger partial charge in [0.15, 0.2) is 0 Å². The molecule has 1 N–H and O–H groups in total. The van der Waals surface area contributed by atoms with E-state index in [-0.39, 0.29) is 5.91 Å². The molecule has 0 bridgehead atoms. The molecule has 0 atom stereocenters. The molecule has 6 heteroatoms. The number of hydrogen-bond donors (Lipinski definition) is 1. The highest BCUT2D eigenvalue weighted by Gasteiger charge is 2.13. The standard InChI is InChI=1S/C17H23N3O3/c1-12(2)10-11-18-15(21)8-9-16-19-17(20-23-16)13-6-4-5-7-14(13)22-3/h4-7,12H,8-11H2,1-3H3,(H,18,21). The number of carbonyl (C=O) groups excluding carboxylic acids is 1. The molecular formula is C17H23N3O3. The summed E-state index contributed by atoms with van der Waals surface area (Å²) in [6.45, 7) is 4.96. The van der Waals surface area contributed by atoms with Gasteiger partial charge in [-0.3, -0.25) is 4.79 Å². The van der Waals surface area contributed by atoms with Crippen molar-refractivity contribution in [1.29, 1.82) is 0 Å². The topological polar surface area (TPSA) is 77.2 Å². The van der Waals surface area contributed by atoms with E-state index in [1.807, 2.05) is 24.3 Å². The SMILES string of the molecule is COc1ccccc1-c1noc(CCC(=O)NCCC(C)C)n1. The van der Waals surface area contributed by atoms with Gasteiger partial charge >= 0.3 is 0 Å². The Bertz CT molecular complexity index is 638. The van der Waals surface area contributed by atoms with Gasteiger partial charge in [-0.2, -0.15) is 4.98 Å². The minimum absolute atomic E-state index is 0.00249. The van der Waals surface area contributed by atoms with Crippen LogP contribution in [0.5, 0.6) is 5.75 Å². The number of hydrogen-bond acceptors (Lipinski definition) is 5. The van der Waals surface area contributed by atoms with Gasteiger partial charge in [0.2, 0.25) is 17.6 Å². The molecule has 0 saturated heterocycles. The molecule has 124 valence electrons. The predicted molar refractivity (Wildman–Crippen MR) is 87.1 cm³/mol. The van der Waals surface area contributed by atoms with Crippen LogP contribution in [0.4, 0.5) is 0 Å². The summed E-state index contributed by atoms with van der Waals surface area (Å²) in [4.78, 5) is 16.1. The lowest BCUT2D eigenvalue weighted by Crippen LogP contribution is -2.25. The second-order valence-corrected chi connectivity index (χ2v) is 5.74. The molecule has 2 rings (SSSR count). The summed E-state index contributed by atoms with van der Waals surface area (Å²) < 4.78 is 10.5. The second-order valence-electron chi connectivity index (χ2n) is 5.74. The van der Waals surface area contributed by atoms with Crippen LogP contribution in [0.15, 0.2) is 28.8 Å². The van der Waals surface area contributed by atoms with E-state index >= 15 is 0 Å². The van der Waals surface area contributed by atoms with Crippen molar-refractivity contribution < 1.29 is 14.1 Å². The van der Waals surface area contributed by atoms with E-state index in [1.165, 1.54) is 0 Å². The first-order chi connectivity index (χ1) is 11.1. The van der Waals surface area contributed by atoms with Crippen molar-refractivity contribution in [3.63, 3.8) is 0 Å². The zero-order chi connectivity index (χ0) is 16.7. The molecule has 1 aromatic carbocycles. The van der Waals surface area contributed by atoms with Crippen LogP contribution in [0.1, 0.15) is 32.6 Å². The van der Waals surface area contributed by atoms with Gasteiger partial charge in [0.25, 0.3) is 0 Å². The monoisotopic (exact) mass is 317 g/mol. The third kappa shape index (κ3) is 5.09. The van der Waals surface area contributed by atoms with Crippen LogP contribution in [-0.2, 0) is 11.2 Å². The predicted octanol–water partition coefficient (Wildman–Crippen LogP) is 2.84. The van der Waals surface area contributed by atoms with Crippen molar-refractivity contribution in [3.05, 3.63) is 30.2 Å². The summed E-state index contributed by atoms with van der Waals surface area (Å²) >= 11 is 0. The highest BCUT2D eigenvalue weighted by atomic mass is 16.5. The Morgan fingerprint density at radius 2 is 2.13 bits per heavy atom. The molecule has 0 aliphatic rings. The van der Waals surface area contributed by atoms with Crippen LogP contribution in [-0.4, -0.2) is 29.7 Å². The normalized spacial score (nSPS) is 10.8.